The van der Waals surface area contributed by atoms with E-state index in [9.17, 15) is 4.79 Å². The summed E-state index contributed by atoms with van der Waals surface area (Å²) < 4.78 is 10.3. The minimum absolute atomic E-state index is 0.279. The van der Waals surface area contributed by atoms with Crippen molar-refractivity contribution in [1.82, 2.24) is 4.98 Å². The molecule has 0 saturated carbocycles. The highest BCUT2D eigenvalue weighted by Crippen LogP contribution is 2.25. The summed E-state index contributed by atoms with van der Waals surface area (Å²) in [5.41, 5.74) is 0.425. The van der Waals surface area contributed by atoms with Crippen LogP contribution in [0, 0.1) is 0 Å². The van der Waals surface area contributed by atoms with E-state index >= 15 is 0 Å². The number of pyridine rings is 1. The first-order chi connectivity index (χ1) is 9.24. The van der Waals surface area contributed by atoms with Gasteiger partial charge in [0.1, 0.15) is 17.3 Å². The van der Waals surface area contributed by atoms with Crippen LogP contribution in [-0.2, 0) is 0 Å². The van der Waals surface area contributed by atoms with Crippen molar-refractivity contribution in [3.05, 3.63) is 48.2 Å². The summed E-state index contributed by atoms with van der Waals surface area (Å²) in [6, 6.07) is 10.3. The highest BCUT2D eigenvalue weighted by atomic mass is 16.5. The third-order valence-corrected chi connectivity index (χ3v) is 2.56. The van der Waals surface area contributed by atoms with Crippen LogP contribution in [0.15, 0.2) is 42.6 Å². The van der Waals surface area contributed by atoms with Crippen molar-refractivity contribution in [2.75, 3.05) is 19.5 Å². The minimum atomic E-state index is -0.279. The Morgan fingerprint density at radius 1 is 1.16 bits per heavy atom. The van der Waals surface area contributed by atoms with Gasteiger partial charge in [0.05, 0.1) is 19.8 Å². The zero-order valence-corrected chi connectivity index (χ0v) is 10.7. The van der Waals surface area contributed by atoms with Crippen LogP contribution in [0.3, 0.4) is 0 Å². The number of carbonyl (C=O) groups excluding carboxylic acids is 1. The van der Waals surface area contributed by atoms with Crippen LogP contribution in [0.5, 0.6) is 11.5 Å². The molecule has 0 bridgehead atoms. The lowest BCUT2D eigenvalue weighted by atomic mass is 10.1. The minimum Gasteiger partial charge on any atom is -0.497 e. The van der Waals surface area contributed by atoms with Crippen molar-refractivity contribution >= 4 is 11.7 Å². The van der Waals surface area contributed by atoms with Gasteiger partial charge in [-0.1, -0.05) is 6.07 Å². The van der Waals surface area contributed by atoms with E-state index < -0.39 is 0 Å². The van der Waals surface area contributed by atoms with Crippen molar-refractivity contribution < 1.29 is 14.3 Å². The second kappa shape index (κ2) is 5.86. The number of methoxy groups -OCH3 is 2. The third kappa shape index (κ3) is 3.01. The normalized spacial score (nSPS) is 9.79. The highest BCUT2D eigenvalue weighted by molar-refractivity contribution is 6.05. The number of nitrogens with zero attached hydrogens (tertiary/aromatic N) is 1. The van der Waals surface area contributed by atoms with Crippen LogP contribution in [0.4, 0.5) is 5.82 Å². The summed E-state index contributed by atoms with van der Waals surface area (Å²) in [6.07, 6.45) is 1.61. The second-order valence-electron chi connectivity index (χ2n) is 3.74. The summed E-state index contributed by atoms with van der Waals surface area (Å²) in [5.74, 6) is 1.29. The monoisotopic (exact) mass is 258 g/mol. The summed E-state index contributed by atoms with van der Waals surface area (Å²) in [7, 11) is 3.06. The summed E-state index contributed by atoms with van der Waals surface area (Å²) in [4.78, 5) is 16.2. The number of hydrogen-bond donors (Lipinski definition) is 1. The molecule has 0 atom stereocenters. The molecule has 1 amide bonds. The van der Waals surface area contributed by atoms with E-state index in [0.29, 0.717) is 22.9 Å². The number of carbonyl (C=O) groups is 1. The molecule has 0 aliphatic carbocycles. The molecule has 5 nitrogen and oxygen atoms in total. The molecule has 2 aromatic rings. The Labute approximate surface area is 111 Å². The van der Waals surface area contributed by atoms with Crippen LogP contribution in [-0.4, -0.2) is 25.1 Å². The first-order valence-electron chi connectivity index (χ1n) is 5.69. The summed E-state index contributed by atoms with van der Waals surface area (Å²) >= 11 is 0. The fourth-order valence-electron chi connectivity index (χ4n) is 1.61. The third-order valence-electron chi connectivity index (χ3n) is 2.56. The molecule has 1 N–H and O–H groups in total. The molecule has 1 aromatic carbocycles. The van der Waals surface area contributed by atoms with Gasteiger partial charge in [0.15, 0.2) is 0 Å². The number of nitrogens with one attached hydrogen (secondary N) is 1. The number of anilines is 1. The Morgan fingerprint density at radius 3 is 2.63 bits per heavy atom. The van der Waals surface area contributed by atoms with Crippen molar-refractivity contribution in [3.63, 3.8) is 0 Å². The van der Waals surface area contributed by atoms with E-state index in [-0.39, 0.29) is 5.91 Å². The van der Waals surface area contributed by atoms with Crippen LogP contribution < -0.4 is 14.8 Å². The molecule has 1 aromatic heterocycles. The lowest BCUT2D eigenvalue weighted by Gasteiger charge is -2.10. The van der Waals surface area contributed by atoms with Crippen molar-refractivity contribution in [3.8, 4) is 11.5 Å². The van der Waals surface area contributed by atoms with Gasteiger partial charge >= 0.3 is 0 Å². The van der Waals surface area contributed by atoms with Gasteiger partial charge in [-0.2, -0.15) is 0 Å². The van der Waals surface area contributed by atoms with Crippen LogP contribution in [0.1, 0.15) is 10.4 Å². The van der Waals surface area contributed by atoms with E-state index in [0.717, 1.165) is 0 Å². The number of ether oxygens (including phenoxy) is 2. The van der Waals surface area contributed by atoms with Gasteiger partial charge < -0.3 is 14.8 Å². The number of rotatable bonds is 4. The highest BCUT2D eigenvalue weighted by Gasteiger charge is 2.13. The van der Waals surface area contributed by atoms with Gasteiger partial charge in [-0.05, 0) is 24.3 Å². The molecule has 5 heteroatoms. The fourth-order valence-corrected chi connectivity index (χ4v) is 1.61. The molecule has 0 unspecified atom stereocenters. The average molecular weight is 258 g/mol. The number of amides is 1. The van der Waals surface area contributed by atoms with Crippen LogP contribution >= 0.6 is 0 Å². The zero-order valence-electron chi connectivity index (χ0n) is 10.7. The van der Waals surface area contributed by atoms with Crippen LogP contribution in [0.25, 0.3) is 0 Å². The Bertz CT molecular complexity index is 570. The predicted octanol–water partition coefficient (Wildman–Crippen LogP) is 2.35. The molecule has 0 aliphatic heterocycles. The Morgan fingerprint density at radius 2 is 2.00 bits per heavy atom. The van der Waals surface area contributed by atoms with Gasteiger partial charge in [-0.15, -0.1) is 0 Å². The first kappa shape index (κ1) is 12.9. The molecular weight excluding hydrogens is 244 g/mol. The van der Waals surface area contributed by atoms with Gasteiger partial charge in [0.2, 0.25) is 0 Å². The van der Waals surface area contributed by atoms with Crippen molar-refractivity contribution in [1.29, 1.82) is 0 Å². The maximum absolute atomic E-state index is 12.1. The van der Waals surface area contributed by atoms with E-state index in [4.69, 9.17) is 9.47 Å². The Kier molecular flexibility index (Phi) is 3.97. The Hall–Kier alpha value is -2.56. The number of hydrogen-bond acceptors (Lipinski definition) is 4. The molecule has 0 aliphatic rings. The standard InChI is InChI=1S/C14H14N2O3/c1-18-10-6-7-11(12(9-10)19-2)14(17)16-13-5-3-4-8-15-13/h3-9H,1-2H3,(H,15,16,17). The SMILES string of the molecule is COc1ccc(C(=O)Nc2ccccn2)c(OC)c1. The molecule has 1 heterocycles. The van der Waals surface area contributed by atoms with Crippen molar-refractivity contribution in [2.45, 2.75) is 0 Å². The predicted molar refractivity (Wildman–Crippen MR) is 71.7 cm³/mol. The second-order valence-corrected chi connectivity index (χ2v) is 3.74. The summed E-state index contributed by atoms with van der Waals surface area (Å²) in [5, 5.41) is 2.70. The fraction of sp³-hybridized carbons (Fsp3) is 0.143. The van der Waals surface area contributed by atoms with Crippen molar-refractivity contribution in [2.24, 2.45) is 0 Å². The average Bonchev–Trinajstić information content (AvgIpc) is 2.47. The van der Waals surface area contributed by atoms with Gasteiger partial charge in [-0.3, -0.25) is 4.79 Å². The van der Waals surface area contributed by atoms with Gasteiger partial charge in [-0.25, -0.2) is 4.98 Å². The molecule has 98 valence electrons. The Balaban J connectivity index is 2.24. The molecule has 0 spiro atoms. The molecule has 2 rings (SSSR count). The van der Waals surface area contributed by atoms with E-state index in [1.165, 1.54) is 7.11 Å². The van der Waals surface area contributed by atoms with Gasteiger partial charge in [0.25, 0.3) is 5.91 Å². The smallest absolute Gasteiger partial charge is 0.260 e. The topological polar surface area (TPSA) is 60.5 Å². The van der Waals surface area contributed by atoms with Gasteiger partial charge in [0, 0.05) is 12.3 Å². The maximum Gasteiger partial charge on any atom is 0.260 e. The molecule has 0 radical (unpaired) electrons. The first-order valence-corrected chi connectivity index (χ1v) is 5.69. The largest absolute Gasteiger partial charge is 0.497 e. The van der Waals surface area contributed by atoms with E-state index in [1.807, 2.05) is 0 Å². The molecule has 0 fully saturated rings. The number of benzene rings is 1. The lowest BCUT2D eigenvalue weighted by Crippen LogP contribution is -2.14. The molecular formula is C14H14N2O3. The maximum atomic E-state index is 12.1. The summed E-state index contributed by atoms with van der Waals surface area (Å²) in [6.45, 7) is 0. The van der Waals surface area contributed by atoms with Crippen LogP contribution in [0.2, 0.25) is 0 Å². The lowest BCUT2D eigenvalue weighted by molar-refractivity contribution is 0.102. The molecule has 0 saturated heterocycles. The quantitative estimate of drug-likeness (QED) is 0.914. The zero-order chi connectivity index (χ0) is 13.7. The molecule has 19 heavy (non-hydrogen) atoms. The number of aromatic nitrogens is 1. The van der Waals surface area contributed by atoms with E-state index in [1.54, 1.807) is 49.7 Å². The van der Waals surface area contributed by atoms with E-state index in [2.05, 4.69) is 10.3 Å².